The number of aliphatic hydroxyl groups is 1. The van der Waals surface area contributed by atoms with Crippen molar-refractivity contribution in [2.45, 2.75) is 38.3 Å². The number of hydrogen-bond acceptors (Lipinski definition) is 8. The summed E-state index contributed by atoms with van der Waals surface area (Å²) in [5.74, 6) is 1.18. The van der Waals surface area contributed by atoms with Gasteiger partial charge in [-0.15, -0.1) is 0 Å². The molecule has 3 aromatic rings. The van der Waals surface area contributed by atoms with Gasteiger partial charge in [0.2, 0.25) is 5.95 Å². The lowest BCUT2D eigenvalue weighted by Gasteiger charge is -2.55. The van der Waals surface area contributed by atoms with Crippen molar-refractivity contribution in [3.05, 3.63) is 36.2 Å². The maximum Gasteiger partial charge on any atom is 0.226 e. The highest BCUT2D eigenvalue weighted by molar-refractivity contribution is 5.86. The first-order chi connectivity index (χ1) is 16.2. The second-order valence-corrected chi connectivity index (χ2v) is 9.77. The lowest BCUT2D eigenvalue weighted by molar-refractivity contribution is -0.191. The molecule has 0 radical (unpaired) electrons. The molecule has 0 bridgehead atoms. The number of nitrogens with one attached hydrogen (secondary N) is 2. The number of anilines is 3. The van der Waals surface area contributed by atoms with Crippen LogP contribution in [0.2, 0.25) is 0 Å². The molecule has 33 heavy (non-hydrogen) atoms. The number of benzene rings is 1. The van der Waals surface area contributed by atoms with E-state index in [1.165, 1.54) is 18.4 Å². The summed E-state index contributed by atoms with van der Waals surface area (Å²) in [6.07, 6.45) is 6.70. The average molecular weight is 450 g/mol. The smallest absolute Gasteiger partial charge is 0.226 e. The second-order valence-electron chi connectivity index (χ2n) is 9.77. The van der Waals surface area contributed by atoms with Crippen molar-refractivity contribution >= 4 is 28.6 Å². The van der Waals surface area contributed by atoms with Crippen molar-refractivity contribution in [2.75, 3.05) is 50.1 Å². The van der Waals surface area contributed by atoms with E-state index in [4.69, 9.17) is 9.72 Å². The predicted molar refractivity (Wildman–Crippen MR) is 127 cm³/mol. The highest BCUT2D eigenvalue weighted by Gasteiger charge is 2.48. The molecule has 2 aromatic heterocycles. The highest BCUT2D eigenvalue weighted by Crippen LogP contribution is 2.38. The van der Waals surface area contributed by atoms with Crippen molar-refractivity contribution in [3.63, 3.8) is 0 Å². The van der Waals surface area contributed by atoms with Gasteiger partial charge in [-0.05, 0) is 30.5 Å². The minimum atomic E-state index is 0.0265. The molecule has 174 valence electrons. The summed E-state index contributed by atoms with van der Waals surface area (Å²) < 4.78 is 7.56. The van der Waals surface area contributed by atoms with Gasteiger partial charge in [0.1, 0.15) is 0 Å². The largest absolute Gasteiger partial charge is 0.395 e. The quantitative estimate of drug-likeness (QED) is 0.483. The van der Waals surface area contributed by atoms with Gasteiger partial charge in [-0.25, -0.2) is 4.98 Å². The Hall–Kier alpha value is -2.75. The van der Waals surface area contributed by atoms with Crippen molar-refractivity contribution in [1.29, 1.82) is 0 Å². The molecule has 9 nitrogen and oxygen atoms in total. The first-order valence-electron chi connectivity index (χ1n) is 12.0. The number of fused-ring (bicyclic) bond motifs is 1. The number of imidazole rings is 1. The van der Waals surface area contributed by atoms with Crippen LogP contribution in [-0.4, -0.2) is 69.0 Å². The molecule has 3 fully saturated rings. The van der Waals surface area contributed by atoms with Gasteiger partial charge >= 0.3 is 0 Å². The average Bonchev–Trinajstić information content (AvgIpc) is 3.44. The SMILES string of the molecule is OCCNc1nc(Nc2ccc(CN3CC4(COC4)C3)cc2)c2ncn(C3CCCC3)c2n1. The molecule has 0 atom stereocenters. The van der Waals surface area contributed by atoms with Gasteiger partial charge in [-0.2, -0.15) is 9.97 Å². The summed E-state index contributed by atoms with van der Waals surface area (Å²) in [6, 6.07) is 8.98. The normalized spacial score (nSPS) is 20.2. The van der Waals surface area contributed by atoms with E-state index in [0.29, 0.717) is 29.8 Å². The van der Waals surface area contributed by atoms with Gasteiger partial charge in [0.25, 0.3) is 0 Å². The zero-order valence-electron chi connectivity index (χ0n) is 18.8. The molecule has 6 rings (SSSR count). The van der Waals surface area contributed by atoms with Crippen LogP contribution in [0.4, 0.5) is 17.5 Å². The Balaban J connectivity index is 1.21. The Bertz CT molecular complexity index is 1110. The molecule has 1 aliphatic carbocycles. The summed E-state index contributed by atoms with van der Waals surface area (Å²) >= 11 is 0. The Morgan fingerprint density at radius 3 is 2.58 bits per heavy atom. The third-order valence-electron chi connectivity index (χ3n) is 7.09. The van der Waals surface area contributed by atoms with E-state index in [1.807, 2.05) is 6.33 Å². The standard InChI is InChI=1S/C24H31N7O2/c32-10-9-25-23-28-21(20-22(29-23)31(16-26-20)19-3-1-2-4-19)27-18-7-5-17(6-8-18)11-30-12-24(13-30)14-33-15-24/h5-8,16,19,32H,1-4,9-15H2,(H2,25,27,28,29). The van der Waals surface area contributed by atoms with E-state index in [0.717, 1.165) is 62.5 Å². The van der Waals surface area contributed by atoms with Gasteiger partial charge in [-0.3, -0.25) is 4.90 Å². The Labute approximate surface area is 193 Å². The van der Waals surface area contributed by atoms with Gasteiger partial charge < -0.3 is 25.0 Å². The van der Waals surface area contributed by atoms with E-state index in [9.17, 15) is 5.11 Å². The first-order valence-corrected chi connectivity index (χ1v) is 12.0. The molecular formula is C24H31N7O2. The number of ether oxygens (including phenoxy) is 1. The maximum atomic E-state index is 9.23. The van der Waals surface area contributed by atoms with Crippen molar-refractivity contribution < 1.29 is 9.84 Å². The third-order valence-corrected chi connectivity index (χ3v) is 7.09. The monoisotopic (exact) mass is 449 g/mol. The van der Waals surface area contributed by atoms with E-state index < -0.39 is 0 Å². The molecule has 3 N–H and O–H groups in total. The third kappa shape index (κ3) is 4.05. The zero-order chi connectivity index (χ0) is 22.3. The minimum absolute atomic E-state index is 0.0265. The summed E-state index contributed by atoms with van der Waals surface area (Å²) in [4.78, 5) is 16.5. The fourth-order valence-corrected chi connectivity index (χ4v) is 5.38. The van der Waals surface area contributed by atoms with E-state index in [1.54, 1.807) is 0 Å². The second kappa shape index (κ2) is 8.55. The van der Waals surface area contributed by atoms with Crippen LogP contribution in [0.15, 0.2) is 30.6 Å². The fraction of sp³-hybridized carbons (Fsp3) is 0.542. The number of rotatable bonds is 8. The van der Waals surface area contributed by atoms with Crippen LogP contribution in [0.25, 0.3) is 11.2 Å². The zero-order valence-corrected chi connectivity index (χ0v) is 18.8. The molecule has 4 heterocycles. The molecule has 1 aromatic carbocycles. The van der Waals surface area contributed by atoms with Crippen LogP contribution in [-0.2, 0) is 11.3 Å². The molecular weight excluding hydrogens is 418 g/mol. The minimum Gasteiger partial charge on any atom is -0.395 e. The number of aromatic nitrogens is 4. The molecule has 3 aliphatic rings. The van der Waals surface area contributed by atoms with E-state index >= 15 is 0 Å². The topological polar surface area (TPSA) is 100 Å². The highest BCUT2D eigenvalue weighted by atomic mass is 16.5. The summed E-state index contributed by atoms with van der Waals surface area (Å²) in [7, 11) is 0. The van der Waals surface area contributed by atoms with Crippen LogP contribution < -0.4 is 10.6 Å². The van der Waals surface area contributed by atoms with Gasteiger partial charge in [0.15, 0.2) is 17.0 Å². The van der Waals surface area contributed by atoms with Crippen LogP contribution in [0.3, 0.4) is 0 Å². The Kier molecular flexibility index (Phi) is 5.40. The lowest BCUT2D eigenvalue weighted by atomic mass is 9.78. The number of aliphatic hydroxyl groups excluding tert-OH is 1. The summed E-state index contributed by atoms with van der Waals surface area (Å²) in [6.45, 7) is 5.52. The van der Waals surface area contributed by atoms with E-state index in [2.05, 4.69) is 54.3 Å². The Morgan fingerprint density at radius 2 is 1.88 bits per heavy atom. The Morgan fingerprint density at radius 1 is 1.09 bits per heavy atom. The molecule has 0 amide bonds. The van der Waals surface area contributed by atoms with E-state index in [-0.39, 0.29) is 6.61 Å². The van der Waals surface area contributed by atoms with Crippen molar-refractivity contribution in [1.82, 2.24) is 24.4 Å². The number of likely N-dealkylation sites (tertiary alicyclic amines) is 1. The summed E-state index contributed by atoms with van der Waals surface area (Å²) in [5.41, 5.74) is 4.33. The van der Waals surface area contributed by atoms with Gasteiger partial charge in [0.05, 0.1) is 26.1 Å². The molecule has 1 spiro atoms. The molecule has 0 unspecified atom stereocenters. The number of hydrogen-bond donors (Lipinski definition) is 3. The maximum absolute atomic E-state index is 9.23. The van der Waals surface area contributed by atoms with Crippen molar-refractivity contribution in [2.24, 2.45) is 5.41 Å². The molecule has 2 aliphatic heterocycles. The van der Waals surface area contributed by atoms with Crippen LogP contribution in [0, 0.1) is 5.41 Å². The first kappa shape index (κ1) is 20.8. The van der Waals surface area contributed by atoms with Gasteiger partial charge in [-0.1, -0.05) is 25.0 Å². The fourth-order valence-electron chi connectivity index (χ4n) is 5.38. The summed E-state index contributed by atoms with van der Waals surface area (Å²) in [5, 5.41) is 15.8. The van der Waals surface area contributed by atoms with Crippen LogP contribution in [0.5, 0.6) is 0 Å². The predicted octanol–water partition coefficient (Wildman–Crippen LogP) is 2.92. The van der Waals surface area contributed by atoms with Crippen LogP contribution in [0.1, 0.15) is 37.3 Å². The molecule has 9 heteroatoms. The lowest BCUT2D eigenvalue weighted by Crippen LogP contribution is -2.65. The number of nitrogens with zero attached hydrogens (tertiary/aromatic N) is 5. The van der Waals surface area contributed by atoms with Gasteiger partial charge in [0, 0.05) is 43.3 Å². The van der Waals surface area contributed by atoms with Crippen LogP contribution >= 0.6 is 0 Å². The molecule has 2 saturated heterocycles. The van der Waals surface area contributed by atoms with Crippen molar-refractivity contribution in [3.8, 4) is 0 Å². The molecule has 1 saturated carbocycles.